The largest absolute Gasteiger partial charge is 0.461 e. The van der Waals surface area contributed by atoms with E-state index >= 15 is 0 Å². The van der Waals surface area contributed by atoms with Gasteiger partial charge in [0.15, 0.2) is 0 Å². The molecule has 0 unspecified atom stereocenters. The van der Waals surface area contributed by atoms with Crippen LogP contribution in [0.5, 0.6) is 0 Å². The lowest BCUT2D eigenvalue weighted by Gasteiger charge is -2.20. The second kappa shape index (κ2) is 19.3. The number of hydrogen-bond donors (Lipinski definition) is 1. The molecule has 4 fully saturated rings. The first-order chi connectivity index (χ1) is 27.8. The van der Waals surface area contributed by atoms with Crippen LogP contribution in [0.3, 0.4) is 0 Å². The Morgan fingerprint density at radius 2 is 1.17 bits per heavy atom. The summed E-state index contributed by atoms with van der Waals surface area (Å²) in [7, 11) is 0. The van der Waals surface area contributed by atoms with Crippen LogP contribution in [0.1, 0.15) is 129 Å². The van der Waals surface area contributed by atoms with E-state index in [1.807, 2.05) is 13.8 Å². The van der Waals surface area contributed by atoms with E-state index in [1.165, 1.54) is 0 Å². The van der Waals surface area contributed by atoms with Crippen LogP contribution in [-0.2, 0) is 57.2 Å². The van der Waals surface area contributed by atoms with Gasteiger partial charge in [-0.2, -0.15) is 0 Å². The van der Waals surface area contributed by atoms with E-state index in [2.05, 4.69) is 30.6 Å². The Labute approximate surface area is 341 Å². The summed E-state index contributed by atoms with van der Waals surface area (Å²) in [6.45, 7) is 12.8. The van der Waals surface area contributed by atoms with Gasteiger partial charge in [0, 0.05) is 48.8 Å². The maximum Gasteiger partial charge on any atom is 0.334 e. The molecule has 13 nitrogen and oxygen atoms in total. The average molecular weight is 808 g/mol. The molecule has 0 bridgehead atoms. The van der Waals surface area contributed by atoms with E-state index in [-0.39, 0.29) is 110 Å². The van der Waals surface area contributed by atoms with Crippen molar-refractivity contribution in [3.63, 3.8) is 0 Å². The van der Waals surface area contributed by atoms with Gasteiger partial charge in [0.2, 0.25) is 5.91 Å². The zero-order valence-corrected chi connectivity index (χ0v) is 34.3. The fourth-order valence-corrected chi connectivity index (χ4v) is 8.87. The average Bonchev–Trinajstić information content (AvgIpc) is 4.01. The Morgan fingerprint density at radius 1 is 0.690 bits per heavy atom. The van der Waals surface area contributed by atoms with Gasteiger partial charge in [0.25, 0.3) is 0 Å². The monoisotopic (exact) mass is 807 g/mol. The van der Waals surface area contributed by atoms with Crippen molar-refractivity contribution >= 4 is 35.6 Å². The van der Waals surface area contributed by atoms with Gasteiger partial charge in [-0.1, -0.05) is 44.6 Å². The minimum Gasteiger partial charge on any atom is -0.461 e. The first kappa shape index (κ1) is 43.5. The molecule has 4 heterocycles. The summed E-state index contributed by atoms with van der Waals surface area (Å²) in [6, 6.07) is 0. The fraction of sp³-hybridized carbons (Fsp3) is 0.689. The van der Waals surface area contributed by atoms with E-state index in [0.29, 0.717) is 49.8 Å². The number of amides is 1. The van der Waals surface area contributed by atoms with Crippen LogP contribution in [0.4, 0.5) is 0 Å². The highest BCUT2D eigenvalue weighted by Gasteiger charge is 2.62. The van der Waals surface area contributed by atoms with E-state index in [4.69, 9.17) is 28.4 Å². The van der Waals surface area contributed by atoms with Gasteiger partial charge in [-0.15, -0.1) is 0 Å². The second-order valence-electron chi connectivity index (χ2n) is 17.3. The van der Waals surface area contributed by atoms with Crippen molar-refractivity contribution in [3.8, 4) is 0 Å². The summed E-state index contributed by atoms with van der Waals surface area (Å²) in [4.78, 5) is 74.1. The fourth-order valence-electron chi connectivity index (χ4n) is 8.87. The first-order valence-electron chi connectivity index (χ1n) is 21.4. The number of ketones is 1. The van der Waals surface area contributed by atoms with E-state index in [1.54, 1.807) is 0 Å². The van der Waals surface area contributed by atoms with Gasteiger partial charge in [-0.25, -0.2) is 9.59 Å². The Hall–Kier alpha value is -4.10. The van der Waals surface area contributed by atoms with Crippen LogP contribution >= 0.6 is 0 Å². The molecule has 0 radical (unpaired) electrons. The lowest BCUT2D eigenvalue weighted by molar-refractivity contribution is -0.144. The summed E-state index contributed by atoms with van der Waals surface area (Å²) in [5.74, 6) is -1.95. The third kappa shape index (κ3) is 11.3. The number of esters is 4. The van der Waals surface area contributed by atoms with Crippen LogP contribution in [0.25, 0.3) is 0 Å². The van der Waals surface area contributed by atoms with Crippen molar-refractivity contribution in [3.05, 3.63) is 47.6 Å². The summed E-state index contributed by atoms with van der Waals surface area (Å²) in [6.07, 6.45) is 14.0. The molecule has 0 aromatic heterocycles. The third-order valence-corrected chi connectivity index (χ3v) is 12.8. The van der Waals surface area contributed by atoms with Gasteiger partial charge in [-0.3, -0.25) is 19.2 Å². The van der Waals surface area contributed by atoms with Gasteiger partial charge in [-0.05, 0) is 89.2 Å². The van der Waals surface area contributed by atoms with Crippen molar-refractivity contribution in [1.82, 2.24) is 5.32 Å². The Balaban J connectivity index is 0.759. The number of allylic oxidation sites excluding steroid dienone is 2. The topological polar surface area (TPSA) is 176 Å². The molecule has 1 amide bonds. The lowest BCUT2D eigenvalue weighted by atomic mass is 9.84. The van der Waals surface area contributed by atoms with Gasteiger partial charge < -0.3 is 33.7 Å². The molecule has 0 spiro atoms. The first-order valence-corrected chi connectivity index (χ1v) is 21.4. The molecule has 4 saturated heterocycles. The van der Waals surface area contributed by atoms with E-state index in [9.17, 15) is 28.8 Å². The number of fused-ring (bicyclic) bond motifs is 6. The van der Waals surface area contributed by atoms with E-state index < -0.39 is 11.9 Å². The lowest BCUT2D eigenvalue weighted by Crippen LogP contribution is -2.29. The smallest absolute Gasteiger partial charge is 0.334 e. The zero-order valence-electron chi connectivity index (χ0n) is 34.3. The third-order valence-electron chi connectivity index (χ3n) is 12.8. The molecule has 58 heavy (non-hydrogen) atoms. The zero-order chi connectivity index (χ0) is 41.5. The van der Waals surface area contributed by atoms with Crippen LogP contribution in [0.2, 0.25) is 0 Å². The molecule has 13 heteroatoms. The van der Waals surface area contributed by atoms with Gasteiger partial charge >= 0.3 is 23.9 Å². The molecule has 6 aliphatic rings. The maximum atomic E-state index is 12.5. The standard InChI is InChI=1S/C45H61NO12/c1-28-33-18-15-30(12-10-23-44(3)40(57-44)38(33)55-42(28)51)26-53-36(49)21-17-32(47)14-8-6-5-7-9-25-46-35(48)20-22-37(50)54-27-31-13-11-24-45(4)41(58-45)39-34(19-16-31)29(2)43(52)56-39/h12-13,33-34,38-41H,1-2,5-11,14-27H2,3-4H3,(H,46,48)/b30-12+,31-13+/t33-,34-,38-,39-,40-,41-,44+,45+/m0/s1. The molecule has 0 saturated carbocycles. The minimum atomic E-state index is -0.431. The number of Topliss-reactive ketones (excluding diaryl/α,β-unsaturated/α-hetero) is 1. The van der Waals surface area contributed by atoms with Crippen LogP contribution in [0.15, 0.2) is 47.6 Å². The number of unbranched alkanes of at least 4 members (excludes halogenated alkanes) is 4. The van der Waals surface area contributed by atoms with Crippen molar-refractivity contribution < 1.29 is 57.2 Å². The molecular formula is C45H61NO12. The Kier molecular flexibility index (Phi) is 14.5. The number of ether oxygens (including phenoxy) is 6. The van der Waals surface area contributed by atoms with Crippen LogP contribution in [-0.4, -0.2) is 90.9 Å². The van der Waals surface area contributed by atoms with E-state index in [0.717, 1.165) is 68.9 Å². The highest BCUT2D eigenvalue weighted by molar-refractivity contribution is 5.91. The SMILES string of the molecule is C=C1C(=O)O[C@H]2[C@H]1CC/C(COC(=O)CCC(=O)CCCCCCCNC(=O)CCC(=O)OC/C1=C/CC[C@@]3(C)O[C@H]3[C@H]3OC(=O)C(=C)[C@@H]3CC1)=C\CC[C@@]1(C)O[C@@H]21. The second-order valence-corrected chi connectivity index (χ2v) is 17.3. The predicted octanol–water partition coefficient (Wildman–Crippen LogP) is 6.17. The molecule has 0 aromatic rings. The highest BCUT2D eigenvalue weighted by atomic mass is 16.7. The number of nitrogens with one attached hydrogen (secondary N) is 1. The molecule has 6 rings (SSSR count). The van der Waals surface area contributed by atoms with Gasteiger partial charge in [0.05, 0.1) is 24.0 Å². The van der Waals surface area contributed by atoms with Gasteiger partial charge in [0.1, 0.15) is 43.4 Å². The van der Waals surface area contributed by atoms with Crippen LogP contribution in [0, 0.1) is 11.8 Å². The summed E-state index contributed by atoms with van der Waals surface area (Å²) < 4.78 is 34.1. The normalized spacial score (nSPS) is 33.3. The Bertz CT molecular complexity index is 1570. The van der Waals surface area contributed by atoms with Crippen molar-refractivity contribution in [2.75, 3.05) is 19.8 Å². The molecule has 8 atom stereocenters. The molecular weight excluding hydrogens is 746 g/mol. The summed E-state index contributed by atoms with van der Waals surface area (Å²) in [5, 5.41) is 2.86. The number of hydrogen-bond acceptors (Lipinski definition) is 12. The number of epoxide rings is 2. The molecule has 0 aromatic carbocycles. The van der Waals surface area contributed by atoms with Crippen molar-refractivity contribution in [2.45, 2.75) is 165 Å². The summed E-state index contributed by atoms with van der Waals surface area (Å²) in [5.41, 5.74) is 2.26. The Morgan fingerprint density at radius 3 is 1.71 bits per heavy atom. The quantitative estimate of drug-likeness (QED) is 0.0417. The van der Waals surface area contributed by atoms with Crippen LogP contribution < -0.4 is 5.32 Å². The molecule has 2 aliphatic carbocycles. The molecule has 318 valence electrons. The van der Waals surface area contributed by atoms with Crippen molar-refractivity contribution in [2.24, 2.45) is 11.8 Å². The maximum absolute atomic E-state index is 12.5. The predicted molar refractivity (Wildman–Crippen MR) is 211 cm³/mol. The highest BCUT2D eigenvalue weighted by Crippen LogP contribution is 2.51. The molecule has 1 N–H and O–H groups in total. The number of carbonyl (C=O) groups is 6. The summed E-state index contributed by atoms with van der Waals surface area (Å²) >= 11 is 0. The molecule has 4 aliphatic heterocycles. The van der Waals surface area contributed by atoms with Crippen molar-refractivity contribution in [1.29, 1.82) is 0 Å². The minimum absolute atomic E-state index is 0.00572. The number of carbonyl (C=O) groups excluding carboxylic acids is 6. The number of rotatable bonds is 18.